The van der Waals surface area contributed by atoms with Crippen LogP contribution in [0, 0.1) is 11.8 Å². The third kappa shape index (κ3) is 2.23. The molecule has 1 atom stereocenters. The van der Waals surface area contributed by atoms with E-state index in [1.165, 1.54) is 4.90 Å². The van der Waals surface area contributed by atoms with Gasteiger partial charge in [0.1, 0.15) is 11.5 Å². The quantitative estimate of drug-likeness (QED) is 0.888. The number of ketones is 1. The van der Waals surface area contributed by atoms with Gasteiger partial charge in [-0.2, -0.15) is 0 Å². The molecule has 0 bridgehead atoms. The first-order chi connectivity index (χ1) is 8.50. The van der Waals surface area contributed by atoms with Gasteiger partial charge < -0.3 is 10.0 Å². The number of carbonyl (C=O) groups is 2. The minimum absolute atomic E-state index is 0.0629. The summed E-state index contributed by atoms with van der Waals surface area (Å²) in [6.07, 6.45) is 0.241. The number of nitrogens with zero attached hydrogens (tertiary/aromatic N) is 1. The van der Waals surface area contributed by atoms with Crippen molar-refractivity contribution in [3.8, 4) is 5.75 Å². The van der Waals surface area contributed by atoms with Gasteiger partial charge in [0.05, 0.1) is 5.69 Å². The fourth-order valence-corrected chi connectivity index (χ4v) is 2.29. The zero-order chi connectivity index (χ0) is 13.3. The standard InChI is InChI=1S/C14H17NO3/c1-9(2)14(18)10-7-13(17)15(8-10)11-5-3-4-6-12(11)16/h3-6,9-10,16H,7-8H2,1-2H3. The SMILES string of the molecule is CC(C)C(=O)C1CC(=O)N(c2ccccc2O)C1. The van der Waals surface area contributed by atoms with E-state index in [2.05, 4.69) is 0 Å². The van der Waals surface area contributed by atoms with E-state index in [0.29, 0.717) is 12.2 Å². The summed E-state index contributed by atoms with van der Waals surface area (Å²) in [6, 6.07) is 6.70. The Hall–Kier alpha value is -1.84. The maximum absolute atomic E-state index is 11.9. The van der Waals surface area contributed by atoms with Crippen LogP contribution in [0.1, 0.15) is 20.3 Å². The molecule has 0 spiro atoms. The van der Waals surface area contributed by atoms with Gasteiger partial charge in [-0.05, 0) is 12.1 Å². The number of phenolic OH excluding ortho intramolecular Hbond substituents is 1. The second-order valence-corrected chi connectivity index (χ2v) is 4.95. The minimum Gasteiger partial charge on any atom is -0.506 e. The van der Waals surface area contributed by atoms with Gasteiger partial charge in [0, 0.05) is 24.8 Å². The van der Waals surface area contributed by atoms with E-state index in [4.69, 9.17) is 0 Å². The number of carbonyl (C=O) groups excluding carboxylic acids is 2. The third-order valence-electron chi connectivity index (χ3n) is 3.27. The molecule has 1 N–H and O–H groups in total. The molecule has 1 aliphatic rings. The summed E-state index contributed by atoms with van der Waals surface area (Å²) in [7, 11) is 0. The lowest BCUT2D eigenvalue weighted by Gasteiger charge is -2.18. The number of anilines is 1. The van der Waals surface area contributed by atoms with E-state index in [9.17, 15) is 14.7 Å². The summed E-state index contributed by atoms with van der Waals surface area (Å²) < 4.78 is 0. The highest BCUT2D eigenvalue weighted by molar-refractivity contribution is 6.01. The Morgan fingerprint density at radius 3 is 2.67 bits per heavy atom. The van der Waals surface area contributed by atoms with Crippen molar-refractivity contribution < 1.29 is 14.7 Å². The average molecular weight is 247 g/mol. The van der Waals surface area contributed by atoms with E-state index in [1.807, 2.05) is 13.8 Å². The van der Waals surface area contributed by atoms with Crippen LogP contribution in [-0.2, 0) is 9.59 Å². The second-order valence-electron chi connectivity index (χ2n) is 4.95. The van der Waals surface area contributed by atoms with Gasteiger partial charge in [0.25, 0.3) is 0 Å². The molecule has 0 aromatic heterocycles. The Balaban J connectivity index is 2.20. The number of Topliss-reactive ketones (excluding diaryl/α,β-unsaturated/α-hetero) is 1. The summed E-state index contributed by atoms with van der Waals surface area (Å²) in [5.41, 5.74) is 0.488. The van der Waals surface area contributed by atoms with Crippen LogP contribution >= 0.6 is 0 Å². The van der Waals surface area contributed by atoms with E-state index < -0.39 is 0 Å². The van der Waals surface area contributed by atoms with E-state index >= 15 is 0 Å². The zero-order valence-electron chi connectivity index (χ0n) is 10.6. The lowest BCUT2D eigenvalue weighted by Crippen LogP contribution is -2.27. The Labute approximate surface area is 106 Å². The summed E-state index contributed by atoms with van der Waals surface area (Å²) in [6.45, 7) is 4.05. The van der Waals surface area contributed by atoms with Crippen molar-refractivity contribution in [2.45, 2.75) is 20.3 Å². The molecule has 18 heavy (non-hydrogen) atoms. The number of aromatic hydroxyl groups is 1. The minimum atomic E-state index is -0.253. The maximum Gasteiger partial charge on any atom is 0.227 e. The van der Waals surface area contributed by atoms with E-state index in [0.717, 1.165) is 0 Å². The Bertz CT molecular complexity index is 482. The molecule has 0 aliphatic carbocycles. The van der Waals surface area contributed by atoms with E-state index in [1.54, 1.807) is 24.3 Å². The first-order valence-electron chi connectivity index (χ1n) is 6.12. The number of phenols is 1. The van der Waals surface area contributed by atoms with Crippen molar-refractivity contribution in [3.63, 3.8) is 0 Å². The Kier molecular flexibility index (Phi) is 3.36. The number of hydrogen-bond donors (Lipinski definition) is 1. The van der Waals surface area contributed by atoms with Crippen LogP contribution in [0.5, 0.6) is 5.75 Å². The highest BCUT2D eigenvalue weighted by Gasteiger charge is 2.36. The monoisotopic (exact) mass is 247 g/mol. The second kappa shape index (κ2) is 4.80. The van der Waals surface area contributed by atoms with Crippen LogP contribution in [0.15, 0.2) is 24.3 Å². The van der Waals surface area contributed by atoms with Crippen molar-refractivity contribution in [1.29, 1.82) is 0 Å². The smallest absolute Gasteiger partial charge is 0.227 e. The van der Waals surface area contributed by atoms with Crippen molar-refractivity contribution in [2.24, 2.45) is 11.8 Å². The molecule has 1 aliphatic heterocycles. The molecule has 0 saturated carbocycles. The van der Waals surface area contributed by atoms with Crippen molar-refractivity contribution in [2.75, 3.05) is 11.4 Å². The molecule has 1 unspecified atom stereocenters. The third-order valence-corrected chi connectivity index (χ3v) is 3.27. The molecule has 1 amide bonds. The molecule has 1 heterocycles. The Morgan fingerprint density at radius 1 is 1.39 bits per heavy atom. The van der Waals surface area contributed by atoms with Gasteiger partial charge in [-0.1, -0.05) is 26.0 Å². The fourth-order valence-electron chi connectivity index (χ4n) is 2.29. The topological polar surface area (TPSA) is 57.6 Å². The summed E-state index contributed by atoms with van der Waals surface area (Å²) >= 11 is 0. The van der Waals surface area contributed by atoms with Gasteiger partial charge in [-0.25, -0.2) is 0 Å². The molecule has 2 rings (SSSR count). The molecule has 4 nitrogen and oxygen atoms in total. The summed E-state index contributed by atoms with van der Waals surface area (Å²) in [4.78, 5) is 25.3. The molecule has 4 heteroatoms. The van der Waals surface area contributed by atoms with Crippen LogP contribution in [0.3, 0.4) is 0 Å². The van der Waals surface area contributed by atoms with Gasteiger partial charge >= 0.3 is 0 Å². The number of hydrogen-bond acceptors (Lipinski definition) is 3. The fraction of sp³-hybridized carbons (Fsp3) is 0.429. The lowest BCUT2D eigenvalue weighted by molar-refractivity contribution is -0.127. The van der Waals surface area contributed by atoms with Crippen LogP contribution in [0.4, 0.5) is 5.69 Å². The highest BCUT2D eigenvalue weighted by Crippen LogP contribution is 2.32. The van der Waals surface area contributed by atoms with Crippen LogP contribution in [0.2, 0.25) is 0 Å². The summed E-state index contributed by atoms with van der Waals surface area (Å²) in [5.74, 6) is -0.232. The van der Waals surface area contributed by atoms with Crippen LogP contribution in [0.25, 0.3) is 0 Å². The Morgan fingerprint density at radius 2 is 2.06 bits per heavy atom. The molecular weight excluding hydrogens is 230 g/mol. The van der Waals surface area contributed by atoms with Crippen LogP contribution in [-0.4, -0.2) is 23.3 Å². The number of rotatable bonds is 3. The van der Waals surface area contributed by atoms with Gasteiger partial charge in [0.15, 0.2) is 0 Å². The van der Waals surface area contributed by atoms with Gasteiger partial charge in [-0.15, -0.1) is 0 Å². The van der Waals surface area contributed by atoms with Crippen LogP contribution < -0.4 is 4.90 Å². The normalized spacial score (nSPS) is 19.6. The molecule has 1 saturated heterocycles. The predicted octanol–water partition coefficient (Wildman–Crippen LogP) is 1.97. The molecule has 0 radical (unpaired) electrons. The number of para-hydroxylation sites is 2. The molecule has 1 aromatic carbocycles. The summed E-state index contributed by atoms with van der Waals surface area (Å²) in [5, 5.41) is 9.74. The first kappa shape index (κ1) is 12.6. The predicted molar refractivity (Wildman–Crippen MR) is 68.4 cm³/mol. The van der Waals surface area contributed by atoms with Crippen molar-refractivity contribution >= 4 is 17.4 Å². The van der Waals surface area contributed by atoms with Gasteiger partial charge in [-0.3, -0.25) is 9.59 Å². The van der Waals surface area contributed by atoms with Gasteiger partial charge in [0.2, 0.25) is 5.91 Å². The average Bonchev–Trinajstić information content (AvgIpc) is 2.71. The largest absolute Gasteiger partial charge is 0.506 e. The molecule has 1 aromatic rings. The highest BCUT2D eigenvalue weighted by atomic mass is 16.3. The molecule has 1 fully saturated rings. The zero-order valence-corrected chi connectivity index (χ0v) is 10.6. The first-order valence-corrected chi connectivity index (χ1v) is 6.12. The lowest BCUT2D eigenvalue weighted by atomic mass is 9.95. The van der Waals surface area contributed by atoms with Crippen molar-refractivity contribution in [3.05, 3.63) is 24.3 Å². The number of amides is 1. The van der Waals surface area contributed by atoms with E-state index in [-0.39, 0.29) is 35.7 Å². The number of benzene rings is 1. The molecule has 96 valence electrons. The maximum atomic E-state index is 11.9. The van der Waals surface area contributed by atoms with Crippen molar-refractivity contribution in [1.82, 2.24) is 0 Å². The molecular formula is C14H17NO3.